The van der Waals surface area contributed by atoms with Crippen LogP contribution >= 0.6 is 0 Å². The molecule has 0 aliphatic heterocycles. The van der Waals surface area contributed by atoms with Crippen LogP contribution < -0.4 is 10.9 Å². The summed E-state index contributed by atoms with van der Waals surface area (Å²) in [5.41, 5.74) is 3.76. The van der Waals surface area contributed by atoms with E-state index in [1.807, 2.05) is 26.0 Å². The summed E-state index contributed by atoms with van der Waals surface area (Å²) >= 11 is 0. The topological polar surface area (TPSA) is 62.0 Å². The van der Waals surface area contributed by atoms with Crippen LogP contribution in [0, 0.1) is 13.8 Å². The molecule has 3 rings (SSSR count). The maximum Gasteiger partial charge on any atom is 0.251 e. The van der Waals surface area contributed by atoms with Gasteiger partial charge in [0.1, 0.15) is 0 Å². The molecule has 4 nitrogen and oxygen atoms in total. The number of aryl methyl sites for hydroxylation is 3. The number of hydrogen-bond acceptors (Lipinski definition) is 2. The van der Waals surface area contributed by atoms with Gasteiger partial charge in [-0.1, -0.05) is 25.0 Å². The van der Waals surface area contributed by atoms with Crippen LogP contribution in [0.15, 0.2) is 23.0 Å². The Bertz CT molecular complexity index is 786. The second-order valence-corrected chi connectivity index (χ2v) is 6.64. The molecule has 1 amide bonds. The number of hydrogen-bond donors (Lipinski definition) is 2. The summed E-state index contributed by atoms with van der Waals surface area (Å²) in [6, 6.07) is 6.34. The largest absolute Gasteiger partial charge is 0.353 e. The highest BCUT2D eigenvalue weighted by atomic mass is 16.1. The van der Waals surface area contributed by atoms with Crippen LogP contribution in [0.2, 0.25) is 0 Å². The Morgan fingerprint density at radius 1 is 1.26 bits per heavy atom. The summed E-state index contributed by atoms with van der Waals surface area (Å²) in [4.78, 5) is 27.3. The van der Waals surface area contributed by atoms with Gasteiger partial charge in [0.15, 0.2) is 0 Å². The predicted octanol–water partition coefficient (Wildman–Crippen LogP) is 3.14. The first kappa shape index (κ1) is 15.8. The van der Waals surface area contributed by atoms with E-state index in [1.165, 1.54) is 12.8 Å². The van der Waals surface area contributed by atoms with Crippen LogP contribution in [0.4, 0.5) is 0 Å². The van der Waals surface area contributed by atoms with Crippen LogP contribution in [0.25, 0.3) is 10.9 Å². The second kappa shape index (κ2) is 6.57. The lowest BCUT2D eigenvalue weighted by Crippen LogP contribution is -2.33. The van der Waals surface area contributed by atoms with E-state index in [1.54, 1.807) is 0 Å². The highest BCUT2D eigenvalue weighted by Crippen LogP contribution is 2.20. The number of carbonyl (C=O) groups excluding carboxylic acids is 1. The summed E-state index contributed by atoms with van der Waals surface area (Å²) < 4.78 is 0. The van der Waals surface area contributed by atoms with E-state index in [9.17, 15) is 9.59 Å². The third-order valence-electron chi connectivity index (χ3n) is 4.97. The smallest absolute Gasteiger partial charge is 0.251 e. The zero-order valence-corrected chi connectivity index (χ0v) is 13.9. The van der Waals surface area contributed by atoms with Crippen molar-refractivity contribution in [1.29, 1.82) is 0 Å². The predicted molar refractivity (Wildman–Crippen MR) is 92.8 cm³/mol. The molecule has 1 heterocycles. The van der Waals surface area contributed by atoms with Gasteiger partial charge in [0.25, 0.3) is 5.56 Å². The summed E-state index contributed by atoms with van der Waals surface area (Å²) in [5.74, 6) is 0.0523. The van der Waals surface area contributed by atoms with Crippen LogP contribution in [0.3, 0.4) is 0 Å². The number of carbonyl (C=O) groups is 1. The van der Waals surface area contributed by atoms with Crippen molar-refractivity contribution in [3.63, 3.8) is 0 Å². The molecule has 0 saturated heterocycles. The first-order valence-electron chi connectivity index (χ1n) is 8.46. The Labute approximate surface area is 136 Å². The Morgan fingerprint density at radius 2 is 2.00 bits per heavy atom. The number of amides is 1. The zero-order valence-electron chi connectivity index (χ0n) is 13.9. The lowest BCUT2D eigenvalue weighted by Gasteiger charge is -2.12. The molecule has 2 aromatic rings. The molecule has 1 saturated carbocycles. The van der Waals surface area contributed by atoms with Crippen molar-refractivity contribution in [1.82, 2.24) is 10.3 Å². The second-order valence-electron chi connectivity index (χ2n) is 6.64. The number of nitrogens with one attached hydrogen (secondary N) is 2. The molecule has 2 N–H and O–H groups in total. The lowest BCUT2D eigenvalue weighted by molar-refractivity contribution is -0.121. The van der Waals surface area contributed by atoms with Gasteiger partial charge < -0.3 is 10.3 Å². The molecule has 0 spiro atoms. The molecular weight excluding hydrogens is 288 g/mol. The Balaban J connectivity index is 1.72. The third kappa shape index (κ3) is 3.46. The minimum Gasteiger partial charge on any atom is -0.353 e. The molecule has 1 aromatic heterocycles. The summed E-state index contributed by atoms with van der Waals surface area (Å²) in [6.45, 7) is 4.05. The maximum atomic E-state index is 12.3. The molecule has 1 fully saturated rings. The quantitative estimate of drug-likeness (QED) is 0.911. The van der Waals surface area contributed by atoms with Gasteiger partial charge in [0.2, 0.25) is 5.91 Å². The van der Waals surface area contributed by atoms with E-state index in [2.05, 4.69) is 16.4 Å². The normalized spacial score (nSPS) is 15.2. The molecule has 0 unspecified atom stereocenters. The minimum atomic E-state index is -0.0835. The molecule has 0 radical (unpaired) electrons. The number of rotatable bonds is 4. The van der Waals surface area contributed by atoms with Gasteiger partial charge in [0, 0.05) is 18.0 Å². The molecule has 0 bridgehead atoms. The van der Waals surface area contributed by atoms with Gasteiger partial charge >= 0.3 is 0 Å². The Morgan fingerprint density at radius 3 is 2.74 bits per heavy atom. The van der Waals surface area contributed by atoms with Crippen molar-refractivity contribution in [2.75, 3.05) is 0 Å². The summed E-state index contributed by atoms with van der Waals surface area (Å²) in [6.07, 6.45) is 5.43. The molecule has 4 heteroatoms. The average Bonchev–Trinajstić information content (AvgIpc) is 3.03. The minimum absolute atomic E-state index is 0.0523. The molecule has 0 atom stereocenters. The number of benzene rings is 1. The highest BCUT2D eigenvalue weighted by Gasteiger charge is 2.17. The monoisotopic (exact) mass is 312 g/mol. The van der Waals surface area contributed by atoms with Crippen LogP contribution in [0.1, 0.15) is 48.8 Å². The number of fused-ring (bicyclic) bond motifs is 1. The first-order valence-corrected chi connectivity index (χ1v) is 8.46. The van der Waals surface area contributed by atoms with E-state index >= 15 is 0 Å². The molecule has 23 heavy (non-hydrogen) atoms. The molecule has 122 valence electrons. The van der Waals surface area contributed by atoms with Crippen LogP contribution in [-0.4, -0.2) is 16.9 Å². The third-order valence-corrected chi connectivity index (χ3v) is 4.97. The molecular formula is C19H24N2O2. The Hall–Kier alpha value is -2.10. The number of H-pyrrole nitrogens is 1. The Kier molecular flexibility index (Phi) is 4.51. The van der Waals surface area contributed by atoms with Crippen LogP contribution in [0.5, 0.6) is 0 Å². The van der Waals surface area contributed by atoms with Gasteiger partial charge in [0.05, 0.1) is 5.52 Å². The summed E-state index contributed by atoms with van der Waals surface area (Å²) in [5, 5.41) is 4.10. The van der Waals surface area contributed by atoms with Crippen molar-refractivity contribution in [2.45, 2.75) is 58.4 Å². The van der Waals surface area contributed by atoms with Gasteiger partial charge in [-0.25, -0.2) is 0 Å². The van der Waals surface area contributed by atoms with Crippen molar-refractivity contribution >= 4 is 16.8 Å². The molecule has 1 aromatic carbocycles. The zero-order chi connectivity index (χ0) is 16.4. The lowest BCUT2D eigenvalue weighted by atomic mass is 10.0. The fourth-order valence-electron chi connectivity index (χ4n) is 3.37. The van der Waals surface area contributed by atoms with Gasteiger partial charge in [-0.05, 0) is 55.7 Å². The van der Waals surface area contributed by atoms with Crippen molar-refractivity contribution < 1.29 is 4.79 Å². The van der Waals surface area contributed by atoms with Crippen molar-refractivity contribution in [3.05, 3.63) is 45.2 Å². The maximum absolute atomic E-state index is 12.3. The fraction of sp³-hybridized carbons (Fsp3) is 0.474. The van der Waals surface area contributed by atoms with E-state index < -0.39 is 0 Å². The van der Waals surface area contributed by atoms with Gasteiger partial charge in [-0.2, -0.15) is 0 Å². The van der Waals surface area contributed by atoms with E-state index in [0.29, 0.717) is 24.4 Å². The molecule has 1 aliphatic carbocycles. The SMILES string of the molecule is Cc1ccc2cc(CCC(=O)NC3CCCC3)c(=O)[nH]c2c1C. The van der Waals surface area contributed by atoms with Gasteiger partial charge in [-0.15, -0.1) is 0 Å². The number of aromatic nitrogens is 1. The van der Waals surface area contributed by atoms with Crippen molar-refractivity contribution in [2.24, 2.45) is 0 Å². The summed E-state index contributed by atoms with van der Waals surface area (Å²) in [7, 11) is 0. The van der Waals surface area contributed by atoms with E-state index in [0.717, 1.165) is 34.9 Å². The molecule has 1 aliphatic rings. The van der Waals surface area contributed by atoms with Crippen LogP contribution in [-0.2, 0) is 11.2 Å². The fourth-order valence-corrected chi connectivity index (χ4v) is 3.37. The van der Waals surface area contributed by atoms with Crippen molar-refractivity contribution in [3.8, 4) is 0 Å². The number of pyridine rings is 1. The first-order chi connectivity index (χ1) is 11.0. The van der Waals surface area contributed by atoms with E-state index in [4.69, 9.17) is 0 Å². The van der Waals surface area contributed by atoms with Gasteiger partial charge in [-0.3, -0.25) is 9.59 Å². The highest BCUT2D eigenvalue weighted by molar-refractivity contribution is 5.83. The standard InChI is InChI=1S/C19H24N2O2/c1-12-7-8-14-11-15(19(23)21-18(14)13(12)2)9-10-17(22)20-16-5-3-4-6-16/h7-8,11,16H,3-6,9-10H2,1-2H3,(H,20,22)(H,21,23). The average molecular weight is 312 g/mol. The number of aromatic amines is 1. The van der Waals surface area contributed by atoms with E-state index in [-0.39, 0.29) is 11.5 Å².